The van der Waals surface area contributed by atoms with Gasteiger partial charge in [-0.1, -0.05) is 6.07 Å². The smallest absolute Gasteiger partial charge is 0.253 e. The van der Waals surface area contributed by atoms with Gasteiger partial charge in [0.25, 0.3) is 5.91 Å². The normalized spacial score (nSPS) is 10.4. The van der Waals surface area contributed by atoms with Crippen molar-refractivity contribution < 1.29 is 9.69 Å². The Morgan fingerprint density at radius 2 is 1.95 bits per heavy atom. The summed E-state index contributed by atoms with van der Waals surface area (Å²) >= 11 is 5.27. The predicted octanol–water partition coefficient (Wildman–Crippen LogP) is 0.600. The standard InChI is InChI=1S/C16H26N4OS/c1-5-20(6-2)15(21)13-8-7-9-14(12-13)18-16(22)17-10-11-19(3)4/h7-9,12H,5-6,10-11H2,1-4H3,(H2,17,18,22)/p+1. The molecule has 0 aliphatic heterocycles. The van der Waals surface area contributed by atoms with E-state index in [0.717, 1.165) is 18.8 Å². The lowest BCUT2D eigenvalue weighted by molar-refractivity contribution is -0.856. The maximum atomic E-state index is 12.3. The van der Waals surface area contributed by atoms with Crippen LogP contribution >= 0.6 is 12.2 Å². The van der Waals surface area contributed by atoms with Crippen molar-refractivity contribution in [2.24, 2.45) is 0 Å². The van der Waals surface area contributed by atoms with Crippen LogP contribution in [0.1, 0.15) is 24.2 Å². The molecular weight excluding hydrogens is 296 g/mol. The number of amides is 1. The van der Waals surface area contributed by atoms with E-state index < -0.39 is 0 Å². The lowest BCUT2D eigenvalue weighted by atomic mass is 10.1. The molecule has 0 aliphatic carbocycles. The molecule has 22 heavy (non-hydrogen) atoms. The first-order chi connectivity index (χ1) is 10.5. The van der Waals surface area contributed by atoms with Gasteiger partial charge in [0.15, 0.2) is 5.11 Å². The van der Waals surface area contributed by atoms with Gasteiger partial charge in [0.05, 0.1) is 27.2 Å². The number of carbonyl (C=O) groups is 1. The van der Waals surface area contributed by atoms with Crippen LogP contribution in [0.2, 0.25) is 0 Å². The van der Waals surface area contributed by atoms with Crippen LogP contribution in [0.25, 0.3) is 0 Å². The number of benzene rings is 1. The summed E-state index contributed by atoms with van der Waals surface area (Å²) in [6, 6.07) is 7.44. The van der Waals surface area contributed by atoms with Crippen LogP contribution in [0.3, 0.4) is 0 Å². The zero-order chi connectivity index (χ0) is 16.5. The van der Waals surface area contributed by atoms with E-state index in [0.29, 0.717) is 23.8 Å². The van der Waals surface area contributed by atoms with Crippen LogP contribution < -0.4 is 15.5 Å². The van der Waals surface area contributed by atoms with E-state index in [2.05, 4.69) is 24.7 Å². The van der Waals surface area contributed by atoms with Gasteiger partial charge in [0.2, 0.25) is 0 Å². The Labute approximate surface area is 138 Å². The molecule has 0 spiro atoms. The van der Waals surface area contributed by atoms with Crippen molar-refractivity contribution in [2.45, 2.75) is 13.8 Å². The number of likely N-dealkylation sites (N-methyl/N-ethyl adjacent to an activating group) is 1. The van der Waals surface area contributed by atoms with Gasteiger partial charge in [-0.25, -0.2) is 0 Å². The summed E-state index contributed by atoms with van der Waals surface area (Å²) < 4.78 is 0. The second-order valence-electron chi connectivity index (χ2n) is 5.40. The zero-order valence-electron chi connectivity index (χ0n) is 13.9. The molecule has 3 N–H and O–H groups in total. The van der Waals surface area contributed by atoms with E-state index in [-0.39, 0.29) is 5.91 Å². The van der Waals surface area contributed by atoms with Crippen molar-refractivity contribution in [3.05, 3.63) is 29.8 Å². The van der Waals surface area contributed by atoms with E-state index in [1.807, 2.05) is 38.1 Å². The van der Waals surface area contributed by atoms with Gasteiger partial charge in [-0.3, -0.25) is 4.79 Å². The Kier molecular flexibility index (Phi) is 7.84. The van der Waals surface area contributed by atoms with Gasteiger partial charge in [0.1, 0.15) is 0 Å². The summed E-state index contributed by atoms with van der Waals surface area (Å²) in [7, 11) is 4.20. The molecule has 0 bridgehead atoms. The Morgan fingerprint density at radius 3 is 2.55 bits per heavy atom. The fourth-order valence-electron chi connectivity index (χ4n) is 2.02. The van der Waals surface area contributed by atoms with E-state index >= 15 is 0 Å². The molecule has 1 amide bonds. The van der Waals surface area contributed by atoms with Gasteiger partial charge in [-0.2, -0.15) is 0 Å². The first-order valence-corrected chi connectivity index (χ1v) is 8.12. The van der Waals surface area contributed by atoms with Crippen molar-refractivity contribution in [3.63, 3.8) is 0 Å². The highest BCUT2D eigenvalue weighted by atomic mass is 32.1. The van der Waals surface area contributed by atoms with E-state index in [9.17, 15) is 4.79 Å². The number of hydrogen-bond acceptors (Lipinski definition) is 2. The van der Waals surface area contributed by atoms with Gasteiger partial charge in [-0.05, 0) is 44.3 Å². The number of quaternary nitrogens is 1. The number of anilines is 1. The van der Waals surface area contributed by atoms with Crippen LogP contribution in [0.5, 0.6) is 0 Å². The highest BCUT2D eigenvalue weighted by Crippen LogP contribution is 2.12. The van der Waals surface area contributed by atoms with Crippen molar-refractivity contribution in [2.75, 3.05) is 45.6 Å². The first-order valence-electron chi connectivity index (χ1n) is 7.71. The summed E-state index contributed by atoms with van der Waals surface area (Å²) in [5, 5.41) is 6.86. The Hall–Kier alpha value is -1.66. The second-order valence-corrected chi connectivity index (χ2v) is 5.80. The third kappa shape index (κ3) is 5.99. The molecule has 5 nitrogen and oxygen atoms in total. The van der Waals surface area contributed by atoms with Crippen LogP contribution in [-0.2, 0) is 0 Å². The average molecular weight is 323 g/mol. The minimum Gasteiger partial charge on any atom is -0.357 e. The molecule has 0 saturated carbocycles. The summed E-state index contributed by atoms with van der Waals surface area (Å²) in [4.78, 5) is 15.5. The topological polar surface area (TPSA) is 48.8 Å². The van der Waals surface area contributed by atoms with Crippen molar-refractivity contribution in [1.29, 1.82) is 0 Å². The van der Waals surface area contributed by atoms with E-state index in [1.54, 1.807) is 4.90 Å². The van der Waals surface area contributed by atoms with Gasteiger partial charge < -0.3 is 20.4 Å². The molecule has 0 saturated heterocycles. The molecule has 0 atom stereocenters. The number of thiocarbonyl (C=S) groups is 1. The molecule has 0 aromatic heterocycles. The molecule has 6 heteroatoms. The first kappa shape index (κ1) is 18.4. The minimum absolute atomic E-state index is 0.0451. The van der Waals surface area contributed by atoms with Crippen molar-refractivity contribution >= 4 is 28.9 Å². The molecule has 1 aromatic rings. The van der Waals surface area contributed by atoms with E-state index in [1.165, 1.54) is 4.90 Å². The van der Waals surface area contributed by atoms with Gasteiger partial charge in [0, 0.05) is 24.3 Å². The molecule has 0 aliphatic rings. The lowest BCUT2D eigenvalue weighted by Crippen LogP contribution is -3.06. The molecule has 1 aromatic carbocycles. The maximum Gasteiger partial charge on any atom is 0.253 e. The number of nitrogens with zero attached hydrogens (tertiary/aromatic N) is 1. The van der Waals surface area contributed by atoms with Gasteiger partial charge in [-0.15, -0.1) is 0 Å². The van der Waals surface area contributed by atoms with Crippen molar-refractivity contribution in [3.8, 4) is 0 Å². The SMILES string of the molecule is CCN(CC)C(=O)c1cccc(NC(=S)NCC[NH+](C)C)c1. The van der Waals surface area contributed by atoms with Crippen LogP contribution in [0.4, 0.5) is 5.69 Å². The van der Waals surface area contributed by atoms with Crippen LogP contribution in [-0.4, -0.2) is 56.2 Å². The second kappa shape index (κ2) is 9.38. The monoisotopic (exact) mass is 323 g/mol. The lowest BCUT2D eigenvalue weighted by Gasteiger charge is -2.19. The largest absolute Gasteiger partial charge is 0.357 e. The van der Waals surface area contributed by atoms with Gasteiger partial charge >= 0.3 is 0 Å². The number of rotatable bonds is 7. The minimum atomic E-state index is 0.0451. The maximum absolute atomic E-state index is 12.3. The Bertz CT molecular complexity index is 501. The number of nitrogens with one attached hydrogen (secondary N) is 3. The zero-order valence-corrected chi connectivity index (χ0v) is 14.7. The fraction of sp³-hybridized carbons (Fsp3) is 0.500. The third-order valence-electron chi connectivity index (χ3n) is 3.33. The highest BCUT2D eigenvalue weighted by Gasteiger charge is 2.12. The van der Waals surface area contributed by atoms with Crippen LogP contribution in [0.15, 0.2) is 24.3 Å². The Morgan fingerprint density at radius 1 is 1.27 bits per heavy atom. The molecule has 0 radical (unpaired) electrons. The quantitative estimate of drug-likeness (QED) is 0.643. The number of hydrogen-bond donors (Lipinski definition) is 3. The Balaban J connectivity index is 2.64. The number of carbonyl (C=O) groups excluding carboxylic acids is 1. The average Bonchev–Trinajstić information content (AvgIpc) is 2.48. The van der Waals surface area contributed by atoms with Crippen LogP contribution in [0, 0.1) is 0 Å². The summed E-state index contributed by atoms with van der Waals surface area (Å²) in [6.07, 6.45) is 0. The summed E-state index contributed by atoms with van der Waals surface area (Å²) in [5.41, 5.74) is 1.50. The fourth-order valence-corrected chi connectivity index (χ4v) is 2.24. The molecule has 122 valence electrons. The predicted molar refractivity (Wildman–Crippen MR) is 95.6 cm³/mol. The summed E-state index contributed by atoms with van der Waals surface area (Å²) in [6.45, 7) is 7.18. The molecule has 0 unspecified atom stereocenters. The molecule has 0 fully saturated rings. The highest BCUT2D eigenvalue weighted by molar-refractivity contribution is 7.80. The third-order valence-corrected chi connectivity index (χ3v) is 3.58. The molecule has 1 rings (SSSR count). The van der Waals surface area contributed by atoms with E-state index in [4.69, 9.17) is 12.2 Å². The summed E-state index contributed by atoms with van der Waals surface area (Å²) in [5.74, 6) is 0.0451. The molecule has 0 heterocycles. The molecular formula is C16H27N4OS+. The van der Waals surface area contributed by atoms with Crippen molar-refractivity contribution in [1.82, 2.24) is 10.2 Å².